The molecule has 1 fully saturated rings. The van der Waals surface area contributed by atoms with Gasteiger partial charge in [0.2, 0.25) is 0 Å². The number of hydrogen-bond acceptors (Lipinski definition) is 3. The predicted octanol–water partition coefficient (Wildman–Crippen LogP) is 6.87. The first kappa shape index (κ1) is 27.0. The van der Waals surface area contributed by atoms with Crippen molar-refractivity contribution in [2.45, 2.75) is 58.0 Å². The number of fused-ring (bicyclic) bond motifs is 1. The number of carbonyl (C=O) groups is 2. The lowest BCUT2D eigenvalue weighted by molar-refractivity contribution is -0.0494. The Balaban J connectivity index is 1.51. The number of ether oxygens (including phenoxy) is 1. The van der Waals surface area contributed by atoms with Gasteiger partial charge < -0.3 is 15.0 Å². The second-order valence-electron chi connectivity index (χ2n) is 10.5. The first-order chi connectivity index (χ1) is 17.3. The van der Waals surface area contributed by atoms with Crippen molar-refractivity contribution in [1.82, 2.24) is 10.2 Å². The SMILES string of the molecule is CC(C)(C)OC(=O)NCC1=Cc2cc(-c3ccc(C(=O)N4CCC(F)(F)CC4)cc3F)cc(Cl)c2CC1. The summed E-state index contributed by atoms with van der Waals surface area (Å²) in [5, 5.41) is 3.27. The second kappa shape index (κ2) is 10.4. The first-order valence-corrected chi connectivity index (χ1v) is 12.6. The van der Waals surface area contributed by atoms with Crippen LogP contribution in [0.4, 0.5) is 18.0 Å². The number of rotatable bonds is 4. The molecule has 0 atom stereocenters. The monoisotopic (exact) mass is 534 g/mol. The molecular formula is C28H30ClF3N2O3. The number of alkyl halides is 2. The Labute approximate surface area is 219 Å². The van der Waals surface area contributed by atoms with E-state index in [4.69, 9.17) is 16.3 Å². The van der Waals surface area contributed by atoms with Gasteiger partial charge in [0.05, 0.1) is 0 Å². The summed E-state index contributed by atoms with van der Waals surface area (Å²) >= 11 is 6.54. The summed E-state index contributed by atoms with van der Waals surface area (Å²) in [6, 6.07) is 7.69. The van der Waals surface area contributed by atoms with Crippen LogP contribution in [-0.4, -0.2) is 48.1 Å². The third-order valence-electron chi connectivity index (χ3n) is 6.45. The van der Waals surface area contributed by atoms with Gasteiger partial charge in [0, 0.05) is 48.6 Å². The van der Waals surface area contributed by atoms with Crippen LogP contribution in [0.2, 0.25) is 5.02 Å². The zero-order valence-electron chi connectivity index (χ0n) is 21.1. The summed E-state index contributed by atoms with van der Waals surface area (Å²) in [4.78, 5) is 26.1. The van der Waals surface area contributed by atoms with Crippen molar-refractivity contribution in [1.29, 1.82) is 0 Å². The van der Waals surface area contributed by atoms with Gasteiger partial charge in [0.15, 0.2) is 0 Å². The van der Waals surface area contributed by atoms with E-state index in [2.05, 4.69) is 5.32 Å². The molecule has 5 nitrogen and oxygen atoms in total. The van der Waals surface area contributed by atoms with Gasteiger partial charge in [0.25, 0.3) is 11.8 Å². The summed E-state index contributed by atoms with van der Waals surface area (Å²) in [6.45, 7) is 5.58. The van der Waals surface area contributed by atoms with Crippen LogP contribution in [0, 0.1) is 5.82 Å². The van der Waals surface area contributed by atoms with E-state index in [1.165, 1.54) is 17.0 Å². The summed E-state index contributed by atoms with van der Waals surface area (Å²) in [6.07, 6.45) is 2.05. The number of piperidine rings is 1. The topological polar surface area (TPSA) is 58.6 Å². The number of likely N-dealkylation sites (tertiary alicyclic amines) is 1. The van der Waals surface area contributed by atoms with Crippen molar-refractivity contribution >= 4 is 29.7 Å². The molecule has 198 valence electrons. The van der Waals surface area contributed by atoms with Crippen LogP contribution >= 0.6 is 11.6 Å². The van der Waals surface area contributed by atoms with E-state index < -0.39 is 42.2 Å². The third-order valence-corrected chi connectivity index (χ3v) is 6.79. The Bertz CT molecular complexity index is 1240. The van der Waals surface area contributed by atoms with Crippen LogP contribution in [0.3, 0.4) is 0 Å². The zero-order valence-corrected chi connectivity index (χ0v) is 21.9. The van der Waals surface area contributed by atoms with Crippen molar-refractivity contribution in [2.24, 2.45) is 0 Å². The van der Waals surface area contributed by atoms with Crippen LogP contribution in [-0.2, 0) is 11.2 Å². The van der Waals surface area contributed by atoms with Crippen molar-refractivity contribution in [3.05, 3.63) is 63.4 Å². The van der Waals surface area contributed by atoms with Gasteiger partial charge in [-0.15, -0.1) is 0 Å². The van der Waals surface area contributed by atoms with Crippen LogP contribution in [0.15, 0.2) is 35.9 Å². The fraction of sp³-hybridized carbons (Fsp3) is 0.429. The Kier molecular flexibility index (Phi) is 7.60. The summed E-state index contributed by atoms with van der Waals surface area (Å²) in [7, 11) is 0. The number of carbonyl (C=O) groups excluding carboxylic acids is 2. The lowest BCUT2D eigenvalue weighted by Crippen LogP contribution is -2.42. The fourth-order valence-electron chi connectivity index (χ4n) is 4.52. The molecule has 4 rings (SSSR count). The molecular weight excluding hydrogens is 505 g/mol. The number of nitrogens with one attached hydrogen (secondary N) is 1. The van der Waals surface area contributed by atoms with Gasteiger partial charge in [0.1, 0.15) is 11.4 Å². The Hall–Kier alpha value is -3.00. The quantitative estimate of drug-likeness (QED) is 0.465. The highest BCUT2D eigenvalue weighted by Crippen LogP contribution is 2.36. The fourth-order valence-corrected chi connectivity index (χ4v) is 4.85. The van der Waals surface area contributed by atoms with E-state index >= 15 is 4.39 Å². The lowest BCUT2D eigenvalue weighted by atomic mass is 9.89. The van der Waals surface area contributed by atoms with Gasteiger partial charge >= 0.3 is 6.09 Å². The molecule has 1 N–H and O–H groups in total. The number of benzene rings is 2. The smallest absolute Gasteiger partial charge is 0.407 e. The zero-order chi connectivity index (χ0) is 27.0. The standard InChI is InChI=1S/C28H30ClF3N2O3/c1-27(2,3)37-26(36)33-16-17-4-6-21-19(12-17)13-20(14-23(21)29)22-7-5-18(15-24(22)30)25(35)34-10-8-28(31,32)9-11-34/h5,7,12-15H,4,6,8-11,16H2,1-3H3,(H,33,36). The van der Waals surface area contributed by atoms with Crippen molar-refractivity contribution in [3.63, 3.8) is 0 Å². The lowest BCUT2D eigenvalue weighted by Gasteiger charge is -2.31. The summed E-state index contributed by atoms with van der Waals surface area (Å²) in [5.74, 6) is -3.83. The van der Waals surface area contributed by atoms with E-state index in [0.717, 1.165) is 29.2 Å². The Morgan fingerprint density at radius 1 is 1.11 bits per heavy atom. The molecule has 1 saturated heterocycles. The number of alkyl carbamates (subject to hydrolysis) is 1. The molecule has 1 aliphatic heterocycles. The highest BCUT2D eigenvalue weighted by molar-refractivity contribution is 6.32. The first-order valence-electron chi connectivity index (χ1n) is 12.3. The second-order valence-corrected chi connectivity index (χ2v) is 10.9. The Morgan fingerprint density at radius 3 is 2.46 bits per heavy atom. The molecule has 0 spiro atoms. The molecule has 0 radical (unpaired) electrons. The highest BCUT2D eigenvalue weighted by atomic mass is 35.5. The molecule has 1 heterocycles. The predicted molar refractivity (Wildman–Crippen MR) is 137 cm³/mol. The van der Waals surface area contributed by atoms with Crippen molar-refractivity contribution in [3.8, 4) is 11.1 Å². The minimum absolute atomic E-state index is 0.0624. The van der Waals surface area contributed by atoms with E-state index in [1.807, 2.05) is 12.1 Å². The third kappa shape index (κ3) is 6.66. The minimum atomic E-state index is -2.77. The summed E-state index contributed by atoms with van der Waals surface area (Å²) in [5.41, 5.74) is 3.12. The van der Waals surface area contributed by atoms with Crippen LogP contribution in [0.5, 0.6) is 0 Å². The maximum absolute atomic E-state index is 15.2. The Morgan fingerprint density at radius 2 is 1.81 bits per heavy atom. The van der Waals surface area contributed by atoms with Crippen molar-refractivity contribution < 1.29 is 27.5 Å². The molecule has 9 heteroatoms. The number of halogens is 4. The van der Waals surface area contributed by atoms with Gasteiger partial charge in [-0.05, 0) is 74.6 Å². The maximum Gasteiger partial charge on any atom is 0.407 e. The number of amides is 2. The maximum atomic E-state index is 15.2. The number of hydrogen-bond donors (Lipinski definition) is 1. The average molecular weight is 535 g/mol. The highest BCUT2D eigenvalue weighted by Gasteiger charge is 2.36. The largest absolute Gasteiger partial charge is 0.444 e. The van der Waals surface area contributed by atoms with Crippen LogP contribution < -0.4 is 5.32 Å². The van der Waals surface area contributed by atoms with E-state index in [9.17, 15) is 18.4 Å². The average Bonchev–Trinajstić information content (AvgIpc) is 2.81. The van der Waals surface area contributed by atoms with Gasteiger partial charge in [-0.2, -0.15) is 0 Å². The number of nitrogens with zero attached hydrogens (tertiary/aromatic N) is 1. The normalized spacial score (nSPS) is 17.1. The van der Waals surface area contributed by atoms with Gasteiger partial charge in [-0.25, -0.2) is 18.0 Å². The van der Waals surface area contributed by atoms with Gasteiger partial charge in [-0.1, -0.05) is 29.3 Å². The molecule has 0 bridgehead atoms. The molecule has 0 saturated carbocycles. The molecule has 2 aliphatic rings. The minimum Gasteiger partial charge on any atom is -0.444 e. The van der Waals surface area contributed by atoms with Gasteiger partial charge in [-0.3, -0.25) is 4.79 Å². The van der Waals surface area contributed by atoms with E-state index in [-0.39, 0.29) is 24.2 Å². The molecule has 2 aromatic rings. The van der Waals surface area contributed by atoms with E-state index in [1.54, 1.807) is 26.8 Å². The molecule has 0 aromatic heterocycles. The molecule has 1 aliphatic carbocycles. The van der Waals surface area contributed by atoms with E-state index in [0.29, 0.717) is 23.6 Å². The summed E-state index contributed by atoms with van der Waals surface area (Å²) < 4.78 is 47.3. The van der Waals surface area contributed by atoms with Crippen molar-refractivity contribution in [2.75, 3.05) is 19.6 Å². The molecule has 2 amide bonds. The van der Waals surface area contributed by atoms with Crippen LogP contribution in [0.1, 0.15) is 61.5 Å². The molecule has 2 aromatic carbocycles. The molecule has 0 unspecified atom stereocenters. The molecule has 37 heavy (non-hydrogen) atoms. The van der Waals surface area contributed by atoms with Crippen LogP contribution in [0.25, 0.3) is 17.2 Å².